The molecular formula is C5H10O7S2. The lowest BCUT2D eigenvalue weighted by atomic mass is 10.5. The van der Waals surface area contributed by atoms with E-state index in [0.717, 1.165) is 12.5 Å². The summed E-state index contributed by atoms with van der Waals surface area (Å²) in [7, 11) is -7.40. The van der Waals surface area contributed by atoms with E-state index in [1.807, 2.05) is 0 Å². The van der Waals surface area contributed by atoms with Crippen LogP contribution in [0, 0.1) is 0 Å². The average Bonchev–Trinajstić information content (AvgIpc) is 1.94. The zero-order valence-corrected chi connectivity index (χ0v) is 9.22. The molecule has 9 heteroatoms. The topological polar surface area (TPSA) is 104 Å². The summed E-state index contributed by atoms with van der Waals surface area (Å²) >= 11 is 0. The highest BCUT2D eigenvalue weighted by Gasteiger charge is 2.11. The van der Waals surface area contributed by atoms with Crippen LogP contribution < -0.4 is 0 Å². The Morgan fingerprint density at radius 1 is 0.929 bits per heavy atom. The molecular weight excluding hydrogens is 236 g/mol. The molecule has 0 aromatic rings. The van der Waals surface area contributed by atoms with Gasteiger partial charge in [0.1, 0.15) is 13.2 Å². The summed E-state index contributed by atoms with van der Waals surface area (Å²) < 4.78 is 49.8. The molecule has 0 atom stereocenters. The van der Waals surface area contributed by atoms with Crippen molar-refractivity contribution in [3.8, 4) is 0 Å². The fourth-order valence-corrected chi connectivity index (χ4v) is 1.08. The molecule has 7 nitrogen and oxygen atoms in total. The molecule has 0 fully saturated rings. The van der Waals surface area contributed by atoms with E-state index in [1.54, 1.807) is 0 Å². The van der Waals surface area contributed by atoms with Crippen molar-refractivity contribution in [3.05, 3.63) is 0 Å². The third-order valence-corrected chi connectivity index (χ3v) is 1.96. The molecule has 0 aliphatic heterocycles. The van der Waals surface area contributed by atoms with Crippen molar-refractivity contribution < 1.29 is 30.0 Å². The Labute approximate surface area is 82.3 Å². The van der Waals surface area contributed by atoms with Crippen LogP contribution >= 0.6 is 0 Å². The quantitative estimate of drug-likeness (QED) is 0.526. The second kappa shape index (κ2) is 4.82. The number of carbonyl (C=O) groups is 1. The van der Waals surface area contributed by atoms with Crippen LogP contribution in [0.4, 0.5) is 0 Å². The van der Waals surface area contributed by atoms with E-state index in [9.17, 15) is 21.6 Å². The van der Waals surface area contributed by atoms with Gasteiger partial charge in [-0.15, -0.1) is 0 Å². The maximum absolute atomic E-state index is 10.8. The number of hydrogen-bond donors (Lipinski definition) is 0. The summed E-state index contributed by atoms with van der Waals surface area (Å²) in [4.78, 5) is 10.8. The first-order valence-electron chi connectivity index (χ1n) is 3.31. The molecule has 0 aliphatic carbocycles. The first-order valence-corrected chi connectivity index (χ1v) is 6.94. The van der Waals surface area contributed by atoms with Gasteiger partial charge in [0.2, 0.25) is 0 Å². The van der Waals surface area contributed by atoms with Crippen molar-refractivity contribution in [2.45, 2.75) is 0 Å². The second-order valence-electron chi connectivity index (χ2n) is 2.47. The standard InChI is InChI=1S/C5H10O7S2/c1-13(7,8)11-3-5(6)4-12-14(2,9)10/h3-4H2,1-2H3. The molecule has 0 aromatic carbocycles. The minimum Gasteiger partial charge on any atom is -0.294 e. The van der Waals surface area contributed by atoms with Crippen molar-refractivity contribution in [2.24, 2.45) is 0 Å². The van der Waals surface area contributed by atoms with Crippen LogP contribution in [0.1, 0.15) is 0 Å². The van der Waals surface area contributed by atoms with Gasteiger partial charge in [0, 0.05) is 0 Å². The van der Waals surface area contributed by atoms with Crippen LogP contribution in [0.3, 0.4) is 0 Å². The summed E-state index contributed by atoms with van der Waals surface area (Å²) in [5, 5.41) is 0. The molecule has 0 spiro atoms. The van der Waals surface area contributed by atoms with E-state index in [4.69, 9.17) is 0 Å². The third-order valence-electron chi connectivity index (χ3n) is 0.868. The summed E-state index contributed by atoms with van der Waals surface area (Å²) in [6.07, 6.45) is 1.55. The average molecular weight is 246 g/mol. The number of carbonyl (C=O) groups excluding carboxylic acids is 1. The van der Waals surface area contributed by atoms with E-state index in [2.05, 4.69) is 8.37 Å². The van der Waals surface area contributed by atoms with E-state index in [0.29, 0.717) is 0 Å². The smallest absolute Gasteiger partial charge is 0.264 e. The van der Waals surface area contributed by atoms with Gasteiger partial charge in [-0.25, -0.2) is 0 Å². The van der Waals surface area contributed by atoms with Crippen molar-refractivity contribution in [3.63, 3.8) is 0 Å². The van der Waals surface area contributed by atoms with Crippen LogP contribution in [-0.4, -0.2) is 48.3 Å². The predicted octanol–water partition coefficient (Wildman–Crippen LogP) is -1.49. The monoisotopic (exact) mass is 246 g/mol. The fourth-order valence-electron chi connectivity index (χ4n) is 0.387. The molecule has 0 amide bonds. The first kappa shape index (κ1) is 13.5. The molecule has 0 bridgehead atoms. The molecule has 0 aromatic heterocycles. The SMILES string of the molecule is CS(=O)(=O)OCC(=O)COS(C)(=O)=O. The number of ketones is 1. The molecule has 0 radical (unpaired) electrons. The Balaban J connectivity index is 3.91. The minimum atomic E-state index is -3.70. The van der Waals surface area contributed by atoms with Crippen LogP contribution in [0.15, 0.2) is 0 Å². The van der Waals surface area contributed by atoms with Gasteiger partial charge >= 0.3 is 0 Å². The van der Waals surface area contributed by atoms with Crippen LogP contribution in [0.5, 0.6) is 0 Å². The molecule has 0 rings (SSSR count). The zero-order valence-electron chi connectivity index (χ0n) is 7.59. The minimum absolute atomic E-state index is 0.728. The van der Waals surface area contributed by atoms with Gasteiger partial charge in [-0.1, -0.05) is 0 Å². The Hall–Kier alpha value is -0.510. The number of rotatable bonds is 6. The lowest BCUT2D eigenvalue weighted by Crippen LogP contribution is -2.19. The predicted molar refractivity (Wildman–Crippen MR) is 46.6 cm³/mol. The van der Waals surface area contributed by atoms with Crippen LogP contribution in [0.2, 0.25) is 0 Å². The van der Waals surface area contributed by atoms with Gasteiger partial charge in [0.25, 0.3) is 20.2 Å². The highest BCUT2D eigenvalue weighted by molar-refractivity contribution is 7.86. The maximum atomic E-state index is 10.8. The highest BCUT2D eigenvalue weighted by atomic mass is 32.2. The van der Waals surface area contributed by atoms with Crippen LogP contribution in [0.25, 0.3) is 0 Å². The number of Topliss-reactive ketones (excluding diaryl/α,β-unsaturated/α-hetero) is 1. The zero-order chi connectivity index (χ0) is 11.4. The molecule has 0 unspecified atom stereocenters. The lowest BCUT2D eigenvalue weighted by Gasteiger charge is -2.00. The largest absolute Gasteiger partial charge is 0.294 e. The number of hydrogen-bond acceptors (Lipinski definition) is 7. The van der Waals surface area contributed by atoms with Gasteiger partial charge in [0.15, 0.2) is 5.78 Å². The molecule has 14 heavy (non-hydrogen) atoms. The molecule has 84 valence electrons. The van der Waals surface area contributed by atoms with E-state index in [-0.39, 0.29) is 0 Å². The first-order chi connectivity index (χ1) is 6.10. The van der Waals surface area contributed by atoms with E-state index < -0.39 is 39.2 Å². The van der Waals surface area contributed by atoms with Gasteiger partial charge < -0.3 is 0 Å². The van der Waals surface area contributed by atoms with Crippen molar-refractivity contribution in [1.82, 2.24) is 0 Å². The molecule has 0 saturated carbocycles. The Kier molecular flexibility index (Phi) is 4.65. The van der Waals surface area contributed by atoms with E-state index in [1.165, 1.54) is 0 Å². The Morgan fingerprint density at radius 3 is 1.43 bits per heavy atom. The Morgan fingerprint density at radius 2 is 1.21 bits per heavy atom. The molecule has 0 N–H and O–H groups in total. The third kappa shape index (κ3) is 9.58. The van der Waals surface area contributed by atoms with Crippen LogP contribution in [-0.2, 0) is 33.4 Å². The summed E-state index contributed by atoms with van der Waals surface area (Å²) in [6.45, 7) is -1.46. The molecule has 0 heterocycles. The summed E-state index contributed by atoms with van der Waals surface area (Å²) in [5.74, 6) is -0.777. The van der Waals surface area contributed by atoms with Gasteiger partial charge in [-0.2, -0.15) is 16.8 Å². The van der Waals surface area contributed by atoms with Gasteiger partial charge in [-0.3, -0.25) is 13.2 Å². The summed E-state index contributed by atoms with van der Waals surface area (Å²) in [6, 6.07) is 0. The van der Waals surface area contributed by atoms with Gasteiger partial charge in [-0.05, 0) is 0 Å². The highest BCUT2D eigenvalue weighted by Crippen LogP contribution is 1.91. The fraction of sp³-hybridized carbons (Fsp3) is 0.800. The van der Waals surface area contributed by atoms with Crippen molar-refractivity contribution >= 4 is 26.0 Å². The molecule has 0 saturated heterocycles. The second-order valence-corrected chi connectivity index (χ2v) is 5.76. The molecule has 0 aliphatic rings. The van der Waals surface area contributed by atoms with Gasteiger partial charge in [0.05, 0.1) is 12.5 Å². The van der Waals surface area contributed by atoms with Crippen molar-refractivity contribution in [1.29, 1.82) is 0 Å². The van der Waals surface area contributed by atoms with Crippen molar-refractivity contribution in [2.75, 3.05) is 25.7 Å². The summed E-state index contributed by atoms with van der Waals surface area (Å²) in [5.41, 5.74) is 0. The maximum Gasteiger partial charge on any atom is 0.264 e. The lowest BCUT2D eigenvalue weighted by molar-refractivity contribution is -0.122. The Bertz CT molecular complexity index is 352. The van der Waals surface area contributed by atoms with E-state index >= 15 is 0 Å². The normalized spacial score (nSPS) is 12.7.